The van der Waals surface area contributed by atoms with E-state index in [1.165, 1.54) is 12.1 Å². The van der Waals surface area contributed by atoms with Crippen LogP contribution in [0.5, 0.6) is 0 Å². The van der Waals surface area contributed by atoms with Crippen molar-refractivity contribution in [2.75, 3.05) is 11.3 Å². The molecule has 7 heteroatoms. The highest BCUT2D eigenvalue weighted by Gasteiger charge is 2.11. The lowest BCUT2D eigenvalue weighted by atomic mass is 10.2. The summed E-state index contributed by atoms with van der Waals surface area (Å²) in [7, 11) is -3.71. The van der Waals surface area contributed by atoms with Crippen LogP contribution in [-0.2, 0) is 16.8 Å². The van der Waals surface area contributed by atoms with Crippen molar-refractivity contribution < 1.29 is 12.8 Å². The van der Waals surface area contributed by atoms with Gasteiger partial charge in [-0.2, -0.15) is 13.1 Å². The maximum Gasteiger partial charge on any atom is 0.299 e. The van der Waals surface area contributed by atoms with Crippen molar-refractivity contribution in [3.05, 3.63) is 29.6 Å². The average molecular weight is 261 g/mol. The minimum Gasteiger partial charge on any atom is -0.326 e. The number of halogens is 1. The molecule has 0 bridgehead atoms. The average Bonchev–Trinajstić information content (AvgIpc) is 2.29. The summed E-state index contributed by atoms with van der Waals surface area (Å²) in [5, 5.41) is 0. The largest absolute Gasteiger partial charge is 0.326 e. The molecule has 5 nitrogen and oxygen atoms in total. The Morgan fingerprint density at radius 1 is 1.41 bits per heavy atom. The SMILES string of the molecule is CCCNS(=O)(=O)Nc1ccc(CN)cc1F. The van der Waals surface area contributed by atoms with Crippen molar-refractivity contribution in [2.24, 2.45) is 5.73 Å². The van der Waals surface area contributed by atoms with Crippen molar-refractivity contribution in [3.63, 3.8) is 0 Å². The highest BCUT2D eigenvalue weighted by Crippen LogP contribution is 2.16. The van der Waals surface area contributed by atoms with E-state index in [1.807, 2.05) is 6.92 Å². The van der Waals surface area contributed by atoms with Crippen molar-refractivity contribution >= 4 is 15.9 Å². The first-order valence-electron chi connectivity index (χ1n) is 5.24. The van der Waals surface area contributed by atoms with Crippen molar-refractivity contribution in [1.82, 2.24) is 4.72 Å². The Morgan fingerprint density at radius 2 is 2.12 bits per heavy atom. The third kappa shape index (κ3) is 4.29. The summed E-state index contributed by atoms with van der Waals surface area (Å²) >= 11 is 0. The molecule has 4 N–H and O–H groups in total. The van der Waals surface area contributed by atoms with Crippen LogP contribution in [0.2, 0.25) is 0 Å². The molecule has 0 aliphatic heterocycles. The Balaban J connectivity index is 2.81. The zero-order chi connectivity index (χ0) is 12.9. The second-order valence-corrected chi connectivity index (χ2v) is 5.02. The Labute approximate surface area is 100 Å². The van der Waals surface area contributed by atoms with Gasteiger partial charge in [-0.15, -0.1) is 0 Å². The van der Waals surface area contributed by atoms with E-state index in [4.69, 9.17) is 5.73 Å². The van der Waals surface area contributed by atoms with Crippen LogP contribution in [0.3, 0.4) is 0 Å². The Morgan fingerprint density at radius 3 is 2.65 bits per heavy atom. The normalized spacial score (nSPS) is 11.5. The summed E-state index contributed by atoms with van der Waals surface area (Å²) in [6, 6.07) is 4.13. The van der Waals surface area contributed by atoms with Crippen LogP contribution >= 0.6 is 0 Å². The summed E-state index contributed by atoms with van der Waals surface area (Å²) in [6.07, 6.45) is 0.662. The second kappa shape index (κ2) is 5.95. The molecule has 0 atom stereocenters. The van der Waals surface area contributed by atoms with E-state index in [1.54, 1.807) is 6.07 Å². The molecule has 0 fully saturated rings. The van der Waals surface area contributed by atoms with Crippen molar-refractivity contribution in [3.8, 4) is 0 Å². The first-order chi connectivity index (χ1) is 7.98. The van der Waals surface area contributed by atoms with Gasteiger partial charge in [-0.25, -0.2) is 4.39 Å². The highest BCUT2D eigenvalue weighted by molar-refractivity contribution is 7.90. The van der Waals surface area contributed by atoms with Crippen LogP contribution in [0, 0.1) is 5.82 Å². The summed E-state index contributed by atoms with van der Waals surface area (Å²) < 4.78 is 40.8. The van der Waals surface area contributed by atoms with Gasteiger partial charge in [0, 0.05) is 13.1 Å². The topological polar surface area (TPSA) is 84.2 Å². The number of nitrogens with one attached hydrogen (secondary N) is 2. The number of nitrogens with two attached hydrogens (primary N) is 1. The van der Waals surface area contributed by atoms with E-state index in [0.29, 0.717) is 18.5 Å². The summed E-state index contributed by atoms with van der Waals surface area (Å²) in [5.74, 6) is -0.644. The standard InChI is InChI=1S/C10H16FN3O2S/c1-2-5-13-17(15,16)14-10-4-3-8(7-12)6-9(10)11/h3-4,6,13-14H,2,5,7,12H2,1H3. The molecule has 0 aromatic heterocycles. The fourth-order valence-corrected chi connectivity index (χ4v) is 2.19. The first-order valence-corrected chi connectivity index (χ1v) is 6.72. The molecule has 1 aromatic carbocycles. The van der Waals surface area contributed by atoms with E-state index < -0.39 is 16.0 Å². The van der Waals surface area contributed by atoms with Gasteiger partial charge in [0.2, 0.25) is 0 Å². The van der Waals surface area contributed by atoms with E-state index >= 15 is 0 Å². The third-order valence-electron chi connectivity index (χ3n) is 2.06. The molecule has 0 aliphatic carbocycles. The maximum absolute atomic E-state index is 13.5. The Hall–Kier alpha value is -1.18. The Kier molecular flexibility index (Phi) is 4.86. The number of benzene rings is 1. The third-order valence-corrected chi connectivity index (χ3v) is 3.13. The maximum atomic E-state index is 13.5. The van der Waals surface area contributed by atoms with Crippen LogP contribution in [0.25, 0.3) is 0 Å². The van der Waals surface area contributed by atoms with Gasteiger partial charge in [-0.1, -0.05) is 13.0 Å². The highest BCUT2D eigenvalue weighted by atomic mass is 32.2. The van der Waals surface area contributed by atoms with Crippen molar-refractivity contribution in [2.45, 2.75) is 19.9 Å². The molecule has 17 heavy (non-hydrogen) atoms. The number of anilines is 1. The number of hydrogen-bond acceptors (Lipinski definition) is 3. The van der Waals surface area contributed by atoms with E-state index in [0.717, 1.165) is 0 Å². The lowest BCUT2D eigenvalue weighted by Crippen LogP contribution is -2.31. The molecule has 0 radical (unpaired) electrons. The zero-order valence-electron chi connectivity index (χ0n) is 9.53. The summed E-state index contributed by atoms with van der Waals surface area (Å²) in [5.41, 5.74) is 5.86. The fourth-order valence-electron chi connectivity index (χ4n) is 1.19. The Bertz CT molecular complexity index is 476. The van der Waals surface area contributed by atoms with E-state index in [9.17, 15) is 12.8 Å². The molecule has 0 heterocycles. The predicted octanol–water partition coefficient (Wildman–Crippen LogP) is 0.941. The van der Waals surface area contributed by atoms with Crippen LogP contribution in [0.1, 0.15) is 18.9 Å². The molecule has 0 unspecified atom stereocenters. The van der Waals surface area contributed by atoms with E-state index in [-0.39, 0.29) is 12.2 Å². The number of hydrogen-bond donors (Lipinski definition) is 3. The minimum atomic E-state index is -3.71. The van der Waals surface area contributed by atoms with Crippen LogP contribution < -0.4 is 15.2 Å². The fraction of sp³-hybridized carbons (Fsp3) is 0.400. The smallest absolute Gasteiger partial charge is 0.299 e. The van der Waals surface area contributed by atoms with Gasteiger partial charge in [0.15, 0.2) is 0 Å². The van der Waals surface area contributed by atoms with Gasteiger partial charge in [-0.3, -0.25) is 4.72 Å². The molecule has 0 saturated carbocycles. The molecule has 1 rings (SSSR count). The molecule has 0 saturated heterocycles. The predicted molar refractivity (Wildman–Crippen MR) is 65.1 cm³/mol. The zero-order valence-corrected chi connectivity index (χ0v) is 10.3. The van der Waals surface area contributed by atoms with Gasteiger partial charge in [0.05, 0.1) is 5.69 Å². The molecule has 1 aromatic rings. The van der Waals surface area contributed by atoms with Gasteiger partial charge in [0.25, 0.3) is 10.2 Å². The van der Waals surface area contributed by atoms with Gasteiger partial charge >= 0.3 is 0 Å². The lowest BCUT2D eigenvalue weighted by Gasteiger charge is -2.10. The van der Waals surface area contributed by atoms with Crippen molar-refractivity contribution in [1.29, 1.82) is 0 Å². The van der Waals surface area contributed by atoms with Gasteiger partial charge in [0.1, 0.15) is 5.82 Å². The number of rotatable bonds is 6. The summed E-state index contributed by atoms with van der Waals surface area (Å²) in [6.45, 7) is 2.34. The first kappa shape index (κ1) is 13.9. The van der Waals surface area contributed by atoms with Gasteiger partial charge in [-0.05, 0) is 24.1 Å². The molecule has 0 amide bonds. The molecule has 0 aliphatic rings. The minimum absolute atomic E-state index is 0.0918. The van der Waals surface area contributed by atoms with E-state index in [2.05, 4.69) is 9.44 Å². The lowest BCUT2D eigenvalue weighted by molar-refractivity contribution is 0.584. The second-order valence-electron chi connectivity index (χ2n) is 3.52. The molecule has 0 spiro atoms. The van der Waals surface area contributed by atoms with Gasteiger partial charge < -0.3 is 5.73 Å². The molecular weight excluding hydrogens is 245 g/mol. The van der Waals surface area contributed by atoms with Crippen LogP contribution in [-0.4, -0.2) is 15.0 Å². The monoisotopic (exact) mass is 261 g/mol. The summed E-state index contributed by atoms with van der Waals surface area (Å²) in [4.78, 5) is 0. The molecular formula is C10H16FN3O2S. The quantitative estimate of drug-likeness (QED) is 0.712. The van der Waals surface area contributed by atoms with Crippen LogP contribution in [0.4, 0.5) is 10.1 Å². The van der Waals surface area contributed by atoms with Crippen LogP contribution in [0.15, 0.2) is 18.2 Å². The molecule has 96 valence electrons.